The van der Waals surface area contributed by atoms with E-state index in [1.165, 1.54) is 4.90 Å². The largest absolute Gasteiger partial charge is 0.463 e. The highest BCUT2D eigenvalue weighted by atomic mass is 16.5. The minimum atomic E-state index is -0.309. The Balaban J connectivity index is 1.91. The molecule has 1 heterocycles. The first kappa shape index (κ1) is 14.2. The van der Waals surface area contributed by atoms with E-state index in [9.17, 15) is 14.4 Å². The van der Waals surface area contributed by atoms with Crippen molar-refractivity contribution < 1.29 is 19.1 Å². The predicted molar refractivity (Wildman–Crippen MR) is 72.3 cm³/mol. The second-order valence-electron chi connectivity index (χ2n) is 4.95. The fourth-order valence-electron chi connectivity index (χ4n) is 2.15. The molecule has 0 aliphatic carbocycles. The number of esters is 1. The van der Waals surface area contributed by atoms with Crippen molar-refractivity contribution in [2.45, 2.75) is 32.8 Å². The standard InChI is InChI=1S/C15H17NO4/c1-10(2)20-13(17)8-5-9-16-14(18)11-6-3-4-7-12(11)15(16)19/h3-4,6-7,10H,5,8-9H2,1-2H3. The van der Waals surface area contributed by atoms with Crippen LogP contribution in [0.25, 0.3) is 0 Å². The van der Waals surface area contributed by atoms with Gasteiger partial charge in [0.1, 0.15) is 0 Å². The van der Waals surface area contributed by atoms with Gasteiger partial charge in [-0.15, -0.1) is 0 Å². The van der Waals surface area contributed by atoms with Crippen molar-refractivity contribution in [2.75, 3.05) is 6.54 Å². The quantitative estimate of drug-likeness (QED) is 0.609. The topological polar surface area (TPSA) is 63.7 Å². The molecule has 1 aromatic rings. The van der Waals surface area contributed by atoms with E-state index >= 15 is 0 Å². The lowest BCUT2D eigenvalue weighted by molar-refractivity contribution is -0.147. The maximum absolute atomic E-state index is 12.0. The number of carbonyl (C=O) groups is 3. The van der Waals surface area contributed by atoms with Crippen LogP contribution in [0.15, 0.2) is 24.3 Å². The molecule has 0 bridgehead atoms. The molecule has 0 spiro atoms. The van der Waals surface area contributed by atoms with Crippen LogP contribution in [0.5, 0.6) is 0 Å². The summed E-state index contributed by atoms with van der Waals surface area (Å²) in [5.74, 6) is -0.887. The molecule has 20 heavy (non-hydrogen) atoms. The second kappa shape index (κ2) is 5.86. The summed E-state index contributed by atoms with van der Waals surface area (Å²) in [6, 6.07) is 6.74. The molecule has 0 saturated heterocycles. The Hall–Kier alpha value is -2.17. The Morgan fingerprint density at radius 2 is 1.70 bits per heavy atom. The summed E-state index contributed by atoms with van der Waals surface area (Å²) in [5.41, 5.74) is 0.865. The van der Waals surface area contributed by atoms with Gasteiger partial charge in [0.2, 0.25) is 0 Å². The summed E-state index contributed by atoms with van der Waals surface area (Å²) in [5, 5.41) is 0. The van der Waals surface area contributed by atoms with E-state index in [4.69, 9.17) is 4.74 Å². The number of hydrogen-bond acceptors (Lipinski definition) is 4. The van der Waals surface area contributed by atoms with E-state index in [2.05, 4.69) is 0 Å². The normalized spacial score (nSPS) is 13.8. The predicted octanol–water partition coefficient (Wildman–Crippen LogP) is 2.01. The first-order chi connectivity index (χ1) is 9.50. The third-order valence-electron chi connectivity index (χ3n) is 3.01. The van der Waals surface area contributed by atoms with E-state index in [0.717, 1.165) is 0 Å². The average Bonchev–Trinajstić information content (AvgIpc) is 2.63. The van der Waals surface area contributed by atoms with E-state index < -0.39 is 0 Å². The van der Waals surface area contributed by atoms with Gasteiger partial charge in [-0.2, -0.15) is 0 Å². The summed E-state index contributed by atoms with van der Waals surface area (Å²) >= 11 is 0. The van der Waals surface area contributed by atoms with Gasteiger partial charge in [-0.25, -0.2) is 0 Å². The molecule has 2 rings (SSSR count). The number of imide groups is 1. The Kier molecular flexibility index (Phi) is 4.17. The Morgan fingerprint density at radius 1 is 1.15 bits per heavy atom. The first-order valence-corrected chi connectivity index (χ1v) is 6.65. The number of amides is 2. The lowest BCUT2D eigenvalue weighted by Gasteiger charge is -2.13. The molecule has 5 nitrogen and oxygen atoms in total. The van der Waals surface area contributed by atoms with Gasteiger partial charge >= 0.3 is 5.97 Å². The number of hydrogen-bond donors (Lipinski definition) is 0. The third kappa shape index (κ3) is 2.87. The van der Waals surface area contributed by atoms with Crippen molar-refractivity contribution in [2.24, 2.45) is 0 Å². The van der Waals surface area contributed by atoms with Gasteiger partial charge < -0.3 is 4.74 Å². The van der Waals surface area contributed by atoms with Gasteiger partial charge in [-0.3, -0.25) is 19.3 Å². The van der Waals surface area contributed by atoms with Crippen molar-refractivity contribution in [3.8, 4) is 0 Å². The van der Waals surface area contributed by atoms with Crippen LogP contribution < -0.4 is 0 Å². The van der Waals surface area contributed by atoms with Crippen LogP contribution in [-0.4, -0.2) is 35.3 Å². The van der Waals surface area contributed by atoms with Crippen molar-refractivity contribution >= 4 is 17.8 Å². The third-order valence-corrected chi connectivity index (χ3v) is 3.01. The molecule has 0 saturated carbocycles. The summed E-state index contributed by atoms with van der Waals surface area (Å²) in [6.45, 7) is 3.80. The lowest BCUT2D eigenvalue weighted by Crippen LogP contribution is -2.31. The molecule has 0 N–H and O–H groups in total. The highest BCUT2D eigenvalue weighted by Gasteiger charge is 2.34. The fraction of sp³-hybridized carbons (Fsp3) is 0.400. The summed E-state index contributed by atoms with van der Waals surface area (Å²) in [7, 11) is 0. The van der Waals surface area contributed by atoms with Crippen molar-refractivity contribution in [3.05, 3.63) is 35.4 Å². The monoisotopic (exact) mass is 275 g/mol. The number of ether oxygens (including phenoxy) is 1. The van der Waals surface area contributed by atoms with Crippen LogP contribution >= 0.6 is 0 Å². The molecular formula is C15H17NO4. The van der Waals surface area contributed by atoms with Crippen LogP contribution in [0.2, 0.25) is 0 Å². The molecule has 0 unspecified atom stereocenters. The lowest BCUT2D eigenvalue weighted by atomic mass is 10.1. The summed E-state index contributed by atoms with van der Waals surface area (Å²) < 4.78 is 5.00. The first-order valence-electron chi connectivity index (χ1n) is 6.65. The fourth-order valence-corrected chi connectivity index (χ4v) is 2.15. The number of benzene rings is 1. The Morgan fingerprint density at radius 3 is 2.20 bits per heavy atom. The zero-order valence-electron chi connectivity index (χ0n) is 11.6. The number of rotatable bonds is 5. The molecular weight excluding hydrogens is 258 g/mol. The average molecular weight is 275 g/mol. The molecule has 0 aromatic heterocycles. The zero-order valence-corrected chi connectivity index (χ0v) is 11.6. The molecule has 1 aliphatic heterocycles. The molecule has 106 valence electrons. The second-order valence-corrected chi connectivity index (χ2v) is 4.95. The van der Waals surface area contributed by atoms with Gasteiger partial charge in [0.15, 0.2) is 0 Å². The molecule has 5 heteroatoms. The van der Waals surface area contributed by atoms with E-state index in [-0.39, 0.29) is 36.9 Å². The van der Waals surface area contributed by atoms with Gasteiger partial charge in [0.05, 0.1) is 17.2 Å². The highest BCUT2D eigenvalue weighted by molar-refractivity contribution is 6.21. The van der Waals surface area contributed by atoms with Crippen molar-refractivity contribution in [1.82, 2.24) is 4.90 Å². The van der Waals surface area contributed by atoms with Crippen LogP contribution in [0.1, 0.15) is 47.4 Å². The molecule has 1 aliphatic rings. The van der Waals surface area contributed by atoms with Crippen molar-refractivity contribution in [3.63, 3.8) is 0 Å². The van der Waals surface area contributed by atoms with E-state index in [0.29, 0.717) is 17.5 Å². The maximum atomic E-state index is 12.0. The minimum absolute atomic E-state index is 0.151. The van der Waals surface area contributed by atoms with Crippen molar-refractivity contribution in [1.29, 1.82) is 0 Å². The number of nitrogens with zero attached hydrogens (tertiary/aromatic N) is 1. The molecule has 0 radical (unpaired) electrons. The summed E-state index contributed by atoms with van der Waals surface area (Å²) in [6.07, 6.45) is 0.463. The van der Waals surface area contributed by atoms with E-state index in [1.54, 1.807) is 38.1 Å². The number of fused-ring (bicyclic) bond motifs is 1. The summed E-state index contributed by atoms with van der Waals surface area (Å²) in [4.78, 5) is 36.7. The zero-order chi connectivity index (χ0) is 14.7. The maximum Gasteiger partial charge on any atom is 0.306 e. The smallest absolute Gasteiger partial charge is 0.306 e. The van der Waals surface area contributed by atoms with Crippen LogP contribution in [0.4, 0.5) is 0 Å². The Labute approximate surface area is 117 Å². The Bertz CT molecular complexity index is 516. The SMILES string of the molecule is CC(C)OC(=O)CCCN1C(=O)c2ccccc2C1=O. The van der Waals surface area contributed by atoms with Crippen LogP contribution in [0, 0.1) is 0 Å². The van der Waals surface area contributed by atoms with Crippen LogP contribution in [0.3, 0.4) is 0 Å². The molecule has 0 atom stereocenters. The highest BCUT2D eigenvalue weighted by Crippen LogP contribution is 2.22. The molecule has 1 aromatic carbocycles. The van der Waals surface area contributed by atoms with Gasteiger partial charge in [-0.1, -0.05) is 12.1 Å². The van der Waals surface area contributed by atoms with Gasteiger partial charge in [-0.05, 0) is 32.4 Å². The number of carbonyl (C=O) groups excluding carboxylic acids is 3. The van der Waals surface area contributed by atoms with E-state index in [1.807, 2.05) is 0 Å². The van der Waals surface area contributed by atoms with Crippen LogP contribution in [-0.2, 0) is 9.53 Å². The molecule has 2 amide bonds. The van der Waals surface area contributed by atoms with Gasteiger partial charge in [0.25, 0.3) is 11.8 Å². The minimum Gasteiger partial charge on any atom is -0.463 e. The van der Waals surface area contributed by atoms with Gasteiger partial charge in [0, 0.05) is 13.0 Å². The molecule has 0 fully saturated rings.